The molecule has 1 N–H and O–H groups in total. The molecule has 5 heteroatoms. The highest BCUT2D eigenvalue weighted by atomic mass is 35.5. The van der Waals surface area contributed by atoms with Gasteiger partial charge in [0.25, 0.3) is 5.91 Å². The maximum absolute atomic E-state index is 12.1. The Morgan fingerprint density at radius 2 is 2.05 bits per heavy atom. The molecule has 1 aromatic carbocycles. The monoisotopic (exact) mass is 288 g/mol. The number of thiophene rings is 1. The van der Waals surface area contributed by atoms with Crippen LogP contribution in [0, 0.1) is 0 Å². The summed E-state index contributed by atoms with van der Waals surface area (Å²) in [5, 5.41) is 4.20. The van der Waals surface area contributed by atoms with Crippen LogP contribution in [0.2, 0.25) is 5.02 Å². The van der Waals surface area contributed by atoms with Crippen LogP contribution in [0.5, 0.6) is 0 Å². The van der Waals surface area contributed by atoms with Gasteiger partial charge in [0.2, 0.25) is 0 Å². The fraction of sp³-hybridized carbons (Fsp3) is 0. The number of hydrogen-bond donors (Lipinski definition) is 1. The smallest absolute Gasteiger partial charge is 0.266 e. The zero-order valence-corrected chi connectivity index (χ0v) is 11.3. The summed E-state index contributed by atoms with van der Waals surface area (Å²) >= 11 is 7.41. The first-order valence-electron chi connectivity index (χ1n) is 5.64. The number of amides is 1. The number of hydrogen-bond acceptors (Lipinski definition) is 3. The van der Waals surface area contributed by atoms with Gasteiger partial charge in [0.05, 0.1) is 9.90 Å². The number of pyridine rings is 1. The maximum Gasteiger partial charge on any atom is 0.266 e. The van der Waals surface area contributed by atoms with Crippen LogP contribution in [0.15, 0.2) is 48.7 Å². The molecule has 2 aromatic heterocycles. The highest BCUT2D eigenvalue weighted by Gasteiger charge is 2.12. The lowest BCUT2D eigenvalue weighted by Crippen LogP contribution is -2.11. The van der Waals surface area contributed by atoms with E-state index in [4.69, 9.17) is 11.6 Å². The largest absolute Gasteiger partial charge is 0.305 e. The molecule has 0 saturated heterocycles. The van der Waals surface area contributed by atoms with Gasteiger partial charge in [-0.25, -0.2) is 4.98 Å². The van der Waals surface area contributed by atoms with Crippen LogP contribution >= 0.6 is 22.9 Å². The number of nitrogens with zero attached hydrogens (tertiary/aromatic N) is 1. The van der Waals surface area contributed by atoms with E-state index in [9.17, 15) is 4.79 Å². The summed E-state index contributed by atoms with van der Waals surface area (Å²) in [4.78, 5) is 16.8. The van der Waals surface area contributed by atoms with Crippen molar-refractivity contribution in [3.8, 4) is 0 Å². The van der Waals surface area contributed by atoms with E-state index >= 15 is 0 Å². The van der Waals surface area contributed by atoms with Crippen LogP contribution in [0.3, 0.4) is 0 Å². The Morgan fingerprint density at radius 3 is 2.84 bits per heavy atom. The second-order valence-electron chi connectivity index (χ2n) is 3.94. The Hall–Kier alpha value is -1.91. The number of fused-ring (bicyclic) bond motifs is 1. The molecule has 3 nitrogen and oxygen atoms in total. The molecule has 0 fully saturated rings. The first kappa shape index (κ1) is 12.1. The van der Waals surface area contributed by atoms with Gasteiger partial charge in [0.1, 0.15) is 0 Å². The summed E-state index contributed by atoms with van der Waals surface area (Å²) in [6, 6.07) is 13.2. The number of carbonyl (C=O) groups is 1. The lowest BCUT2D eigenvalue weighted by atomic mass is 10.2. The molecule has 94 valence electrons. The molecule has 3 rings (SSSR count). The molecule has 0 radical (unpaired) electrons. The van der Waals surface area contributed by atoms with E-state index in [-0.39, 0.29) is 5.91 Å². The Bertz CT molecular complexity index is 721. The van der Waals surface area contributed by atoms with E-state index in [0.717, 1.165) is 10.1 Å². The van der Waals surface area contributed by atoms with Crippen molar-refractivity contribution in [3.63, 3.8) is 0 Å². The Kier molecular flexibility index (Phi) is 3.19. The third kappa shape index (κ3) is 2.45. The van der Waals surface area contributed by atoms with Crippen molar-refractivity contribution in [2.24, 2.45) is 0 Å². The van der Waals surface area contributed by atoms with Gasteiger partial charge in [-0.3, -0.25) is 4.79 Å². The molecule has 3 aromatic rings. The summed E-state index contributed by atoms with van der Waals surface area (Å²) in [6.07, 6.45) is 1.59. The molecule has 0 spiro atoms. The second kappa shape index (κ2) is 4.99. The van der Waals surface area contributed by atoms with Gasteiger partial charge < -0.3 is 5.32 Å². The number of benzene rings is 1. The first-order valence-corrected chi connectivity index (χ1v) is 6.84. The van der Waals surface area contributed by atoms with Crippen molar-refractivity contribution in [1.82, 2.24) is 4.98 Å². The van der Waals surface area contributed by atoms with Gasteiger partial charge in [-0.1, -0.05) is 29.8 Å². The SMILES string of the molecule is O=C(Nc1ncccc1Cl)c1cc2ccccc2s1. The molecule has 0 unspecified atom stereocenters. The number of nitrogens with one attached hydrogen (secondary N) is 1. The topological polar surface area (TPSA) is 42.0 Å². The number of halogens is 1. The highest BCUT2D eigenvalue weighted by Crippen LogP contribution is 2.26. The van der Waals surface area contributed by atoms with Gasteiger partial charge in [0, 0.05) is 10.9 Å². The standard InChI is InChI=1S/C14H9ClN2OS/c15-10-5-3-7-16-13(10)17-14(18)12-8-9-4-1-2-6-11(9)19-12/h1-8H,(H,16,17,18). The molecule has 0 saturated carbocycles. The van der Waals surface area contributed by atoms with Crippen molar-refractivity contribution >= 4 is 44.7 Å². The summed E-state index contributed by atoms with van der Waals surface area (Å²) in [5.74, 6) is 0.188. The fourth-order valence-electron chi connectivity index (χ4n) is 1.74. The Morgan fingerprint density at radius 1 is 1.21 bits per heavy atom. The molecule has 1 amide bonds. The van der Waals surface area contributed by atoms with Crippen molar-refractivity contribution in [3.05, 3.63) is 58.6 Å². The molecule has 0 aliphatic heterocycles. The molecule has 2 heterocycles. The summed E-state index contributed by atoms with van der Waals surface area (Å²) in [7, 11) is 0. The molecular weight excluding hydrogens is 280 g/mol. The van der Waals surface area contributed by atoms with Gasteiger partial charge in [0.15, 0.2) is 5.82 Å². The van der Waals surface area contributed by atoms with Crippen molar-refractivity contribution in [2.45, 2.75) is 0 Å². The summed E-state index contributed by atoms with van der Waals surface area (Å²) in [6.45, 7) is 0. The summed E-state index contributed by atoms with van der Waals surface area (Å²) < 4.78 is 1.08. The highest BCUT2D eigenvalue weighted by molar-refractivity contribution is 7.20. The van der Waals surface area contributed by atoms with Crippen molar-refractivity contribution in [2.75, 3.05) is 5.32 Å². The molecule has 19 heavy (non-hydrogen) atoms. The van der Waals surface area contributed by atoms with Crippen LogP contribution in [-0.2, 0) is 0 Å². The van der Waals surface area contributed by atoms with Gasteiger partial charge >= 0.3 is 0 Å². The third-order valence-electron chi connectivity index (χ3n) is 2.64. The Labute approximate surface area is 118 Å². The zero-order valence-electron chi connectivity index (χ0n) is 9.76. The number of anilines is 1. The quantitative estimate of drug-likeness (QED) is 0.768. The Balaban J connectivity index is 1.90. The number of aromatic nitrogens is 1. The minimum Gasteiger partial charge on any atom is -0.305 e. The zero-order chi connectivity index (χ0) is 13.2. The normalized spacial score (nSPS) is 10.6. The van der Waals surface area contributed by atoms with E-state index < -0.39 is 0 Å². The number of rotatable bonds is 2. The van der Waals surface area contributed by atoms with E-state index in [0.29, 0.717) is 15.7 Å². The van der Waals surface area contributed by atoms with Gasteiger partial charge in [-0.2, -0.15) is 0 Å². The maximum atomic E-state index is 12.1. The molecule has 0 bridgehead atoms. The van der Waals surface area contributed by atoms with E-state index in [1.54, 1.807) is 18.3 Å². The van der Waals surface area contributed by atoms with Crippen LogP contribution in [0.1, 0.15) is 9.67 Å². The van der Waals surface area contributed by atoms with Crippen molar-refractivity contribution < 1.29 is 4.79 Å². The minimum atomic E-state index is -0.193. The van der Waals surface area contributed by atoms with Gasteiger partial charge in [-0.15, -0.1) is 11.3 Å². The minimum absolute atomic E-state index is 0.193. The lowest BCUT2D eigenvalue weighted by Gasteiger charge is -2.03. The fourth-order valence-corrected chi connectivity index (χ4v) is 2.87. The molecule has 0 aliphatic rings. The summed E-state index contributed by atoms with van der Waals surface area (Å²) in [5.41, 5.74) is 0. The predicted molar refractivity (Wildman–Crippen MR) is 79.0 cm³/mol. The van der Waals surface area contributed by atoms with Crippen LogP contribution in [0.4, 0.5) is 5.82 Å². The number of carbonyl (C=O) groups excluding carboxylic acids is 1. The average Bonchev–Trinajstić information content (AvgIpc) is 2.85. The second-order valence-corrected chi connectivity index (χ2v) is 5.43. The predicted octanol–water partition coefficient (Wildman–Crippen LogP) is 4.20. The molecular formula is C14H9ClN2OS. The lowest BCUT2D eigenvalue weighted by molar-refractivity contribution is 0.103. The van der Waals surface area contributed by atoms with Crippen LogP contribution < -0.4 is 5.32 Å². The third-order valence-corrected chi connectivity index (χ3v) is 4.06. The molecule has 0 aliphatic carbocycles. The van der Waals surface area contributed by atoms with E-state index in [1.807, 2.05) is 30.3 Å². The van der Waals surface area contributed by atoms with Crippen LogP contribution in [0.25, 0.3) is 10.1 Å². The first-order chi connectivity index (χ1) is 9.24. The van der Waals surface area contributed by atoms with E-state index in [2.05, 4.69) is 10.3 Å². The van der Waals surface area contributed by atoms with Gasteiger partial charge in [-0.05, 0) is 29.7 Å². The molecule has 0 atom stereocenters. The van der Waals surface area contributed by atoms with E-state index in [1.165, 1.54) is 11.3 Å². The van der Waals surface area contributed by atoms with Crippen LogP contribution in [-0.4, -0.2) is 10.9 Å². The van der Waals surface area contributed by atoms with Crippen molar-refractivity contribution in [1.29, 1.82) is 0 Å². The average molecular weight is 289 g/mol.